The molecule has 0 spiro atoms. The Kier molecular flexibility index (Phi) is 1.94. The zero-order valence-electron chi connectivity index (χ0n) is 6.70. The van der Waals surface area contributed by atoms with Crippen molar-refractivity contribution in [2.24, 2.45) is 5.92 Å². The van der Waals surface area contributed by atoms with Gasteiger partial charge in [-0.25, -0.2) is 0 Å². The van der Waals surface area contributed by atoms with E-state index in [1.807, 2.05) is 0 Å². The first-order valence-electron chi connectivity index (χ1n) is 3.85. The largest absolute Gasteiger partial charge is 0.0744 e. The highest BCUT2D eigenvalue weighted by molar-refractivity contribution is 5.12. The molecule has 0 nitrogen and oxygen atoms in total. The lowest BCUT2D eigenvalue weighted by Gasteiger charge is -2.20. The Hall–Kier alpha value is -0.260. The molecule has 1 unspecified atom stereocenters. The van der Waals surface area contributed by atoms with Crippen molar-refractivity contribution in [3.05, 3.63) is 11.1 Å². The normalized spacial score (nSPS) is 29.0. The number of allylic oxidation sites excluding steroid dienone is 2. The van der Waals surface area contributed by atoms with Crippen LogP contribution in [0.25, 0.3) is 0 Å². The molecular weight excluding hydrogens is 108 g/mol. The minimum Gasteiger partial charge on any atom is -0.0744 e. The molecule has 0 saturated carbocycles. The van der Waals surface area contributed by atoms with Crippen LogP contribution in [0.1, 0.15) is 40.0 Å². The van der Waals surface area contributed by atoms with Crippen LogP contribution in [-0.2, 0) is 0 Å². The van der Waals surface area contributed by atoms with E-state index in [1.165, 1.54) is 19.3 Å². The maximum Gasteiger partial charge on any atom is -0.0295 e. The third kappa shape index (κ3) is 1.57. The first-order chi connectivity index (χ1) is 4.20. The van der Waals surface area contributed by atoms with Crippen molar-refractivity contribution in [3.63, 3.8) is 0 Å². The summed E-state index contributed by atoms with van der Waals surface area (Å²) < 4.78 is 0. The van der Waals surface area contributed by atoms with Gasteiger partial charge in [0.15, 0.2) is 0 Å². The minimum atomic E-state index is 0.939. The van der Waals surface area contributed by atoms with Crippen molar-refractivity contribution in [2.45, 2.75) is 40.0 Å². The van der Waals surface area contributed by atoms with E-state index in [0.29, 0.717) is 0 Å². The maximum atomic E-state index is 2.34. The third-order valence-electron chi connectivity index (χ3n) is 2.40. The topological polar surface area (TPSA) is 0 Å². The number of rotatable bonds is 0. The second kappa shape index (κ2) is 2.55. The smallest absolute Gasteiger partial charge is 0.0295 e. The van der Waals surface area contributed by atoms with E-state index in [1.54, 1.807) is 11.1 Å². The molecule has 0 N–H and O–H groups in total. The van der Waals surface area contributed by atoms with Crippen LogP contribution in [0.2, 0.25) is 0 Å². The lowest BCUT2D eigenvalue weighted by molar-refractivity contribution is 0.496. The van der Waals surface area contributed by atoms with Gasteiger partial charge in [0, 0.05) is 0 Å². The summed E-state index contributed by atoms with van der Waals surface area (Å²) in [6.07, 6.45) is 4.09. The Bertz CT molecular complexity index is 131. The van der Waals surface area contributed by atoms with Gasteiger partial charge in [-0.15, -0.1) is 0 Å². The predicted octanol–water partition coefficient (Wildman–Crippen LogP) is 3.14. The summed E-state index contributed by atoms with van der Waals surface area (Å²) in [6.45, 7) is 6.88. The average molecular weight is 124 g/mol. The SMILES string of the molecule is CC1=C(C)CC(C)CC1. The lowest BCUT2D eigenvalue weighted by Crippen LogP contribution is -2.03. The van der Waals surface area contributed by atoms with Gasteiger partial charge >= 0.3 is 0 Å². The standard InChI is InChI=1S/C9H16/c1-7-4-5-8(2)9(3)6-7/h7H,4-6H2,1-3H3. The molecule has 1 rings (SSSR count). The summed E-state index contributed by atoms with van der Waals surface area (Å²) in [5.41, 5.74) is 3.27. The highest BCUT2D eigenvalue weighted by Crippen LogP contribution is 2.27. The van der Waals surface area contributed by atoms with Crippen LogP contribution in [0.15, 0.2) is 11.1 Å². The predicted molar refractivity (Wildman–Crippen MR) is 41.4 cm³/mol. The Labute approximate surface area is 58.0 Å². The Balaban J connectivity index is 2.61. The first-order valence-corrected chi connectivity index (χ1v) is 3.85. The van der Waals surface area contributed by atoms with Gasteiger partial charge in [-0.05, 0) is 39.0 Å². The third-order valence-corrected chi connectivity index (χ3v) is 2.40. The maximum absolute atomic E-state index is 2.34. The fourth-order valence-electron chi connectivity index (χ4n) is 1.48. The Morgan fingerprint density at radius 2 is 1.89 bits per heavy atom. The van der Waals surface area contributed by atoms with Crippen molar-refractivity contribution in [1.82, 2.24) is 0 Å². The van der Waals surface area contributed by atoms with Gasteiger partial charge in [-0.3, -0.25) is 0 Å². The Morgan fingerprint density at radius 1 is 1.22 bits per heavy atom. The molecule has 0 amide bonds. The zero-order chi connectivity index (χ0) is 6.85. The summed E-state index contributed by atoms with van der Waals surface area (Å²) in [7, 11) is 0. The molecule has 0 aromatic heterocycles. The van der Waals surface area contributed by atoms with Gasteiger partial charge in [0.1, 0.15) is 0 Å². The summed E-state index contributed by atoms with van der Waals surface area (Å²) in [6, 6.07) is 0. The van der Waals surface area contributed by atoms with Crippen molar-refractivity contribution < 1.29 is 0 Å². The number of hydrogen-bond acceptors (Lipinski definition) is 0. The zero-order valence-corrected chi connectivity index (χ0v) is 6.70. The molecule has 52 valence electrons. The molecule has 0 bridgehead atoms. The van der Waals surface area contributed by atoms with Crippen LogP contribution in [0.4, 0.5) is 0 Å². The minimum absolute atomic E-state index is 0.939. The average Bonchev–Trinajstić information content (AvgIpc) is 1.80. The quantitative estimate of drug-likeness (QED) is 0.435. The molecule has 1 aliphatic rings. The van der Waals surface area contributed by atoms with Gasteiger partial charge in [0.2, 0.25) is 0 Å². The lowest BCUT2D eigenvalue weighted by atomic mass is 9.86. The van der Waals surface area contributed by atoms with Crippen molar-refractivity contribution in [3.8, 4) is 0 Å². The van der Waals surface area contributed by atoms with Gasteiger partial charge in [-0.2, -0.15) is 0 Å². The molecule has 0 saturated heterocycles. The van der Waals surface area contributed by atoms with Gasteiger partial charge in [0.05, 0.1) is 0 Å². The van der Waals surface area contributed by atoms with Gasteiger partial charge in [-0.1, -0.05) is 18.1 Å². The van der Waals surface area contributed by atoms with Crippen LogP contribution in [-0.4, -0.2) is 0 Å². The molecule has 0 aliphatic heterocycles. The molecule has 0 heteroatoms. The molecule has 0 fully saturated rings. The van der Waals surface area contributed by atoms with Crippen LogP contribution >= 0.6 is 0 Å². The molecule has 0 aromatic carbocycles. The highest BCUT2D eigenvalue weighted by Gasteiger charge is 2.10. The highest BCUT2D eigenvalue weighted by atomic mass is 14.2. The monoisotopic (exact) mass is 124 g/mol. The molecular formula is C9H16. The molecule has 0 heterocycles. The van der Waals surface area contributed by atoms with E-state index in [0.717, 1.165) is 5.92 Å². The van der Waals surface area contributed by atoms with Crippen LogP contribution in [0.5, 0.6) is 0 Å². The molecule has 0 radical (unpaired) electrons. The van der Waals surface area contributed by atoms with E-state index in [9.17, 15) is 0 Å². The van der Waals surface area contributed by atoms with Gasteiger partial charge in [0.25, 0.3) is 0 Å². The Morgan fingerprint density at radius 3 is 2.33 bits per heavy atom. The van der Waals surface area contributed by atoms with Crippen molar-refractivity contribution in [2.75, 3.05) is 0 Å². The molecule has 0 aromatic rings. The fraction of sp³-hybridized carbons (Fsp3) is 0.778. The van der Waals surface area contributed by atoms with E-state index in [4.69, 9.17) is 0 Å². The second-order valence-corrected chi connectivity index (χ2v) is 3.41. The summed E-state index contributed by atoms with van der Waals surface area (Å²) >= 11 is 0. The summed E-state index contributed by atoms with van der Waals surface area (Å²) in [5, 5.41) is 0. The van der Waals surface area contributed by atoms with Crippen molar-refractivity contribution >= 4 is 0 Å². The molecule has 1 aliphatic carbocycles. The second-order valence-electron chi connectivity index (χ2n) is 3.41. The summed E-state index contributed by atoms with van der Waals surface area (Å²) in [4.78, 5) is 0. The van der Waals surface area contributed by atoms with E-state index < -0.39 is 0 Å². The van der Waals surface area contributed by atoms with Crippen LogP contribution < -0.4 is 0 Å². The first kappa shape index (κ1) is 6.85. The van der Waals surface area contributed by atoms with E-state index in [2.05, 4.69) is 20.8 Å². The molecule has 9 heavy (non-hydrogen) atoms. The van der Waals surface area contributed by atoms with Crippen LogP contribution in [0, 0.1) is 5.92 Å². The van der Waals surface area contributed by atoms with E-state index in [-0.39, 0.29) is 0 Å². The molecule has 1 atom stereocenters. The van der Waals surface area contributed by atoms with Crippen LogP contribution in [0.3, 0.4) is 0 Å². The van der Waals surface area contributed by atoms with Crippen molar-refractivity contribution in [1.29, 1.82) is 0 Å². The van der Waals surface area contributed by atoms with Gasteiger partial charge < -0.3 is 0 Å². The summed E-state index contributed by atoms with van der Waals surface area (Å²) in [5.74, 6) is 0.939. The fourth-order valence-corrected chi connectivity index (χ4v) is 1.48. The number of hydrogen-bond donors (Lipinski definition) is 0. The van der Waals surface area contributed by atoms with E-state index >= 15 is 0 Å².